The molecule has 150 valence electrons. The van der Waals surface area contributed by atoms with Gasteiger partial charge in [-0.05, 0) is 49.7 Å². The van der Waals surface area contributed by atoms with Gasteiger partial charge < -0.3 is 5.32 Å². The van der Waals surface area contributed by atoms with Crippen LogP contribution in [0.25, 0.3) is 22.0 Å². The summed E-state index contributed by atoms with van der Waals surface area (Å²) in [5.74, 6) is -0.353. The molecule has 4 rings (SSSR count). The zero-order valence-electron chi connectivity index (χ0n) is 16.6. The van der Waals surface area contributed by atoms with Gasteiger partial charge in [-0.2, -0.15) is 5.10 Å². The van der Waals surface area contributed by atoms with E-state index in [0.717, 1.165) is 22.1 Å². The Labute approximate surface area is 178 Å². The molecular weight excluding hydrogens is 398 g/mol. The van der Waals surface area contributed by atoms with Crippen molar-refractivity contribution in [2.75, 3.05) is 5.32 Å². The second kappa shape index (κ2) is 8.13. The Balaban J connectivity index is 1.79. The third-order valence-corrected chi connectivity index (χ3v) is 5.15. The summed E-state index contributed by atoms with van der Waals surface area (Å²) in [6, 6.07) is 20.3. The molecule has 0 aliphatic carbocycles. The number of benzene rings is 3. The second-order valence-electron chi connectivity index (χ2n) is 7.23. The third kappa shape index (κ3) is 3.98. The lowest BCUT2D eigenvalue weighted by molar-refractivity contribution is -0.117. The summed E-state index contributed by atoms with van der Waals surface area (Å²) in [6.07, 6.45) is 0. The van der Waals surface area contributed by atoms with E-state index in [4.69, 9.17) is 11.6 Å². The fourth-order valence-electron chi connectivity index (χ4n) is 3.43. The summed E-state index contributed by atoms with van der Waals surface area (Å²) in [5.41, 5.74) is 4.03. The minimum atomic E-state index is -0.353. The first-order chi connectivity index (χ1) is 14.4. The standard InChI is InChI=1S/C24H20ClN3O2/c1-15-10-11-16(2)21(12-15)23-19-8-3-4-9-20(19)24(30)28(27-23)14-22(29)26-18-7-5-6-17(25)13-18/h3-13H,14H2,1-2H3,(H,26,29). The van der Waals surface area contributed by atoms with Crippen LogP contribution in [-0.4, -0.2) is 15.7 Å². The molecular formula is C24H20ClN3O2. The predicted octanol–water partition coefficient (Wildman–Crippen LogP) is 4.97. The molecule has 1 heterocycles. The molecule has 0 spiro atoms. The van der Waals surface area contributed by atoms with Crippen LogP contribution >= 0.6 is 11.6 Å². The summed E-state index contributed by atoms with van der Waals surface area (Å²) in [6.45, 7) is 3.82. The number of aromatic nitrogens is 2. The summed E-state index contributed by atoms with van der Waals surface area (Å²) >= 11 is 5.98. The van der Waals surface area contributed by atoms with E-state index < -0.39 is 0 Å². The smallest absolute Gasteiger partial charge is 0.275 e. The molecule has 0 fully saturated rings. The molecule has 30 heavy (non-hydrogen) atoms. The van der Waals surface area contributed by atoms with Gasteiger partial charge in [0.1, 0.15) is 6.54 Å². The highest BCUT2D eigenvalue weighted by atomic mass is 35.5. The molecule has 0 saturated heterocycles. The van der Waals surface area contributed by atoms with Crippen molar-refractivity contribution < 1.29 is 4.79 Å². The number of anilines is 1. The molecule has 1 aromatic heterocycles. The van der Waals surface area contributed by atoms with E-state index >= 15 is 0 Å². The number of nitrogens with one attached hydrogen (secondary N) is 1. The number of carbonyl (C=O) groups excluding carboxylic acids is 1. The SMILES string of the molecule is Cc1ccc(C)c(-c2nn(CC(=O)Nc3cccc(Cl)c3)c(=O)c3ccccc23)c1. The van der Waals surface area contributed by atoms with Crippen molar-refractivity contribution in [3.05, 3.63) is 93.2 Å². The Bertz CT molecular complexity index is 1330. The number of amides is 1. The number of aryl methyl sites for hydroxylation is 2. The van der Waals surface area contributed by atoms with Crippen molar-refractivity contribution in [2.24, 2.45) is 0 Å². The maximum atomic E-state index is 13.0. The average molecular weight is 418 g/mol. The van der Waals surface area contributed by atoms with Gasteiger partial charge in [0, 0.05) is 21.7 Å². The van der Waals surface area contributed by atoms with E-state index in [2.05, 4.69) is 10.4 Å². The van der Waals surface area contributed by atoms with E-state index in [0.29, 0.717) is 21.8 Å². The van der Waals surface area contributed by atoms with Crippen LogP contribution in [0.4, 0.5) is 5.69 Å². The van der Waals surface area contributed by atoms with Crippen molar-refractivity contribution in [1.29, 1.82) is 0 Å². The fraction of sp³-hybridized carbons (Fsp3) is 0.125. The first kappa shape index (κ1) is 19.9. The van der Waals surface area contributed by atoms with Gasteiger partial charge in [0.25, 0.3) is 5.56 Å². The van der Waals surface area contributed by atoms with Crippen LogP contribution in [0.3, 0.4) is 0 Å². The van der Waals surface area contributed by atoms with Crippen LogP contribution in [0, 0.1) is 13.8 Å². The lowest BCUT2D eigenvalue weighted by Crippen LogP contribution is -2.30. The average Bonchev–Trinajstić information content (AvgIpc) is 2.72. The summed E-state index contributed by atoms with van der Waals surface area (Å²) < 4.78 is 1.22. The molecule has 1 N–H and O–H groups in total. The second-order valence-corrected chi connectivity index (χ2v) is 7.67. The van der Waals surface area contributed by atoms with Crippen molar-refractivity contribution in [1.82, 2.24) is 9.78 Å². The quantitative estimate of drug-likeness (QED) is 0.509. The molecule has 5 nitrogen and oxygen atoms in total. The topological polar surface area (TPSA) is 64.0 Å². The number of halogens is 1. The number of hydrogen-bond acceptors (Lipinski definition) is 3. The molecule has 0 unspecified atom stereocenters. The van der Waals surface area contributed by atoms with Crippen molar-refractivity contribution >= 4 is 34.0 Å². The minimum Gasteiger partial charge on any atom is -0.324 e. The number of carbonyl (C=O) groups is 1. The molecule has 0 atom stereocenters. The molecule has 0 bridgehead atoms. The summed E-state index contributed by atoms with van der Waals surface area (Å²) in [7, 11) is 0. The van der Waals surface area contributed by atoms with Gasteiger partial charge in [-0.15, -0.1) is 0 Å². The van der Waals surface area contributed by atoms with Crippen LogP contribution in [0.2, 0.25) is 5.02 Å². The number of hydrogen-bond donors (Lipinski definition) is 1. The highest BCUT2D eigenvalue weighted by Crippen LogP contribution is 2.28. The van der Waals surface area contributed by atoms with Crippen LogP contribution < -0.4 is 10.9 Å². The maximum Gasteiger partial charge on any atom is 0.275 e. The summed E-state index contributed by atoms with van der Waals surface area (Å²) in [4.78, 5) is 25.6. The molecule has 0 aliphatic rings. The first-order valence-electron chi connectivity index (χ1n) is 9.55. The molecule has 0 radical (unpaired) electrons. The normalized spacial score (nSPS) is 10.9. The van der Waals surface area contributed by atoms with Crippen molar-refractivity contribution in [3.8, 4) is 11.3 Å². The van der Waals surface area contributed by atoms with Crippen molar-refractivity contribution in [3.63, 3.8) is 0 Å². The van der Waals surface area contributed by atoms with Gasteiger partial charge in [-0.1, -0.05) is 53.6 Å². The van der Waals surface area contributed by atoms with Gasteiger partial charge in [0.05, 0.1) is 11.1 Å². The zero-order valence-corrected chi connectivity index (χ0v) is 17.4. The zero-order chi connectivity index (χ0) is 21.3. The Morgan fingerprint density at radius 3 is 2.53 bits per heavy atom. The maximum absolute atomic E-state index is 13.0. The highest BCUT2D eigenvalue weighted by Gasteiger charge is 2.16. The van der Waals surface area contributed by atoms with E-state index in [1.54, 1.807) is 30.3 Å². The van der Waals surface area contributed by atoms with Gasteiger partial charge in [-0.3, -0.25) is 9.59 Å². The predicted molar refractivity (Wildman–Crippen MR) is 121 cm³/mol. The largest absolute Gasteiger partial charge is 0.324 e. The van der Waals surface area contributed by atoms with Gasteiger partial charge >= 0.3 is 0 Å². The molecule has 0 saturated carbocycles. The van der Waals surface area contributed by atoms with Crippen molar-refractivity contribution in [2.45, 2.75) is 20.4 Å². The Hall–Kier alpha value is -3.44. The molecule has 0 aliphatic heterocycles. The molecule has 1 amide bonds. The lowest BCUT2D eigenvalue weighted by Gasteiger charge is -2.13. The Morgan fingerprint density at radius 1 is 1.00 bits per heavy atom. The number of rotatable bonds is 4. The van der Waals surface area contributed by atoms with E-state index in [9.17, 15) is 9.59 Å². The Morgan fingerprint density at radius 2 is 1.77 bits per heavy atom. The number of fused-ring (bicyclic) bond motifs is 1. The van der Waals surface area contributed by atoms with Gasteiger partial charge in [0.2, 0.25) is 5.91 Å². The van der Waals surface area contributed by atoms with Gasteiger partial charge in [0.15, 0.2) is 0 Å². The lowest BCUT2D eigenvalue weighted by atomic mass is 9.99. The summed E-state index contributed by atoms with van der Waals surface area (Å²) in [5, 5.41) is 9.16. The number of nitrogens with zero attached hydrogens (tertiary/aromatic N) is 2. The van der Waals surface area contributed by atoms with Crippen LogP contribution in [0.1, 0.15) is 11.1 Å². The fourth-order valence-corrected chi connectivity index (χ4v) is 3.63. The van der Waals surface area contributed by atoms with Crippen LogP contribution in [-0.2, 0) is 11.3 Å². The van der Waals surface area contributed by atoms with E-state index in [-0.39, 0.29) is 18.0 Å². The van der Waals surface area contributed by atoms with Crippen LogP contribution in [0.15, 0.2) is 71.5 Å². The monoisotopic (exact) mass is 417 g/mol. The highest BCUT2D eigenvalue weighted by molar-refractivity contribution is 6.30. The van der Waals surface area contributed by atoms with Crippen LogP contribution in [0.5, 0.6) is 0 Å². The van der Waals surface area contributed by atoms with E-state index in [1.807, 2.05) is 50.2 Å². The van der Waals surface area contributed by atoms with E-state index in [1.165, 1.54) is 4.68 Å². The molecule has 6 heteroatoms. The minimum absolute atomic E-state index is 0.200. The molecule has 3 aromatic carbocycles. The first-order valence-corrected chi connectivity index (χ1v) is 9.93. The van der Waals surface area contributed by atoms with Gasteiger partial charge in [-0.25, -0.2) is 4.68 Å². The molecule has 4 aromatic rings. The Kier molecular flexibility index (Phi) is 5.38. The third-order valence-electron chi connectivity index (χ3n) is 4.92.